The van der Waals surface area contributed by atoms with E-state index in [1.807, 2.05) is 60.7 Å². The number of piperidine rings is 1. The van der Waals surface area contributed by atoms with Crippen molar-refractivity contribution in [3.05, 3.63) is 71.8 Å². The van der Waals surface area contributed by atoms with Crippen LogP contribution in [0.3, 0.4) is 0 Å². The van der Waals surface area contributed by atoms with Crippen molar-refractivity contribution in [1.29, 1.82) is 0 Å². The molecule has 2 aromatic carbocycles. The van der Waals surface area contributed by atoms with Crippen LogP contribution in [0.1, 0.15) is 24.0 Å². The Bertz CT molecular complexity index is 732. The minimum Gasteiger partial charge on any atom is -0.481 e. The molecule has 5 nitrogen and oxygen atoms in total. The van der Waals surface area contributed by atoms with E-state index in [1.54, 1.807) is 0 Å². The molecule has 1 aliphatic rings. The Labute approximate surface area is 146 Å². The van der Waals surface area contributed by atoms with Crippen LogP contribution in [0.5, 0.6) is 0 Å². The number of carbonyl (C=O) groups is 2. The summed E-state index contributed by atoms with van der Waals surface area (Å²) in [6.45, 7) is 0.817. The van der Waals surface area contributed by atoms with Gasteiger partial charge in [0.1, 0.15) is 12.0 Å². The summed E-state index contributed by atoms with van der Waals surface area (Å²) in [6.07, 6.45) is 0.668. The predicted molar refractivity (Wildman–Crippen MR) is 93.2 cm³/mol. The van der Waals surface area contributed by atoms with Gasteiger partial charge in [-0.25, -0.2) is 4.79 Å². The van der Waals surface area contributed by atoms with E-state index < -0.39 is 17.5 Å². The first-order valence-corrected chi connectivity index (χ1v) is 8.36. The summed E-state index contributed by atoms with van der Waals surface area (Å²) in [5.41, 5.74) is 0.550. The van der Waals surface area contributed by atoms with Gasteiger partial charge in [-0.1, -0.05) is 60.7 Å². The molecule has 1 amide bonds. The Morgan fingerprint density at radius 2 is 1.68 bits per heavy atom. The fourth-order valence-electron chi connectivity index (χ4n) is 3.31. The number of amides is 1. The molecule has 0 aromatic heterocycles. The number of hydrogen-bond acceptors (Lipinski definition) is 3. The molecule has 2 aromatic rings. The Morgan fingerprint density at radius 1 is 1.04 bits per heavy atom. The SMILES string of the molecule is O=C(OCc1ccccc1)N1CCCC(C(=O)O)(c2ccccc2)C1. The molecule has 1 heterocycles. The number of carboxylic acid groups (broad SMARTS) is 1. The average molecular weight is 339 g/mol. The van der Waals surface area contributed by atoms with Crippen molar-refractivity contribution in [2.24, 2.45) is 0 Å². The fourth-order valence-corrected chi connectivity index (χ4v) is 3.31. The maximum atomic E-state index is 12.4. The number of aliphatic carboxylic acids is 1. The van der Waals surface area contributed by atoms with E-state index in [9.17, 15) is 14.7 Å². The van der Waals surface area contributed by atoms with Crippen LogP contribution in [-0.4, -0.2) is 35.2 Å². The number of benzene rings is 2. The highest BCUT2D eigenvalue weighted by atomic mass is 16.6. The summed E-state index contributed by atoms with van der Waals surface area (Å²) >= 11 is 0. The van der Waals surface area contributed by atoms with Gasteiger partial charge >= 0.3 is 12.1 Å². The molecule has 3 rings (SSSR count). The molecular formula is C20H21NO4. The molecule has 0 aliphatic carbocycles. The summed E-state index contributed by atoms with van der Waals surface area (Å²) in [5.74, 6) is -0.903. The molecule has 130 valence electrons. The number of hydrogen-bond donors (Lipinski definition) is 1. The lowest BCUT2D eigenvalue weighted by molar-refractivity contribution is -0.146. The maximum Gasteiger partial charge on any atom is 0.410 e. The van der Waals surface area contributed by atoms with E-state index in [0.717, 1.165) is 11.1 Å². The quantitative estimate of drug-likeness (QED) is 0.926. The molecule has 0 radical (unpaired) electrons. The summed E-state index contributed by atoms with van der Waals surface area (Å²) in [6, 6.07) is 18.6. The molecule has 5 heteroatoms. The van der Waals surface area contributed by atoms with Crippen LogP contribution >= 0.6 is 0 Å². The normalized spacial score (nSPS) is 20.1. The highest BCUT2D eigenvalue weighted by Crippen LogP contribution is 2.34. The van der Waals surface area contributed by atoms with E-state index in [-0.39, 0.29) is 13.2 Å². The highest BCUT2D eigenvalue weighted by molar-refractivity contribution is 5.83. The zero-order chi connectivity index (χ0) is 17.7. The molecule has 1 aliphatic heterocycles. The first-order chi connectivity index (χ1) is 12.1. The van der Waals surface area contributed by atoms with Crippen molar-refractivity contribution in [2.75, 3.05) is 13.1 Å². The summed E-state index contributed by atoms with van der Waals surface area (Å²) in [7, 11) is 0. The van der Waals surface area contributed by atoms with Gasteiger partial charge in [0.15, 0.2) is 0 Å². The van der Waals surface area contributed by atoms with Gasteiger partial charge in [0.2, 0.25) is 0 Å². The van der Waals surface area contributed by atoms with Crippen LogP contribution in [0, 0.1) is 0 Å². The van der Waals surface area contributed by atoms with Crippen LogP contribution in [0.25, 0.3) is 0 Å². The molecule has 1 unspecified atom stereocenters. The monoisotopic (exact) mass is 339 g/mol. The summed E-state index contributed by atoms with van der Waals surface area (Å²) < 4.78 is 5.37. The second-order valence-corrected chi connectivity index (χ2v) is 6.32. The van der Waals surface area contributed by atoms with Gasteiger partial charge in [-0.2, -0.15) is 0 Å². The highest BCUT2D eigenvalue weighted by Gasteiger charge is 2.45. The molecular weight excluding hydrogens is 318 g/mol. The number of rotatable bonds is 4. The van der Waals surface area contributed by atoms with Gasteiger partial charge in [-0.15, -0.1) is 0 Å². The maximum absolute atomic E-state index is 12.4. The van der Waals surface area contributed by atoms with Gasteiger partial charge in [-0.05, 0) is 24.0 Å². The third kappa shape index (κ3) is 3.65. The zero-order valence-electron chi connectivity index (χ0n) is 13.9. The van der Waals surface area contributed by atoms with Crippen molar-refractivity contribution in [3.63, 3.8) is 0 Å². The van der Waals surface area contributed by atoms with Crippen molar-refractivity contribution in [1.82, 2.24) is 4.90 Å². The molecule has 1 fully saturated rings. The number of likely N-dealkylation sites (tertiary alicyclic amines) is 1. The Kier molecular flexibility index (Phi) is 5.03. The van der Waals surface area contributed by atoms with Crippen LogP contribution in [0.15, 0.2) is 60.7 Å². The Balaban J connectivity index is 1.73. The van der Waals surface area contributed by atoms with Crippen LogP contribution < -0.4 is 0 Å². The van der Waals surface area contributed by atoms with E-state index in [2.05, 4.69) is 0 Å². The van der Waals surface area contributed by atoms with Crippen LogP contribution in [0.2, 0.25) is 0 Å². The average Bonchev–Trinajstić information content (AvgIpc) is 2.67. The first-order valence-electron chi connectivity index (χ1n) is 8.36. The van der Waals surface area contributed by atoms with Crippen LogP contribution in [-0.2, 0) is 21.6 Å². The Morgan fingerprint density at radius 3 is 2.32 bits per heavy atom. The smallest absolute Gasteiger partial charge is 0.410 e. The number of nitrogens with zero attached hydrogens (tertiary/aromatic N) is 1. The van der Waals surface area contributed by atoms with Crippen molar-refractivity contribution in [3.8, 4) is 0 Å². The third-order valence-corrected chi connectivity index (χ3v) is 4.69. The second kappa shape index (κ2) is 7.38. The minimum atomic E-state index is -1.08. The van der Waals surface area contributed by atoms with Gasteiger partial charge in [0.25, 0.3) is 0 Å². The van der Waals surface area contributed by atoms with E-state index >= 15 is 0 Å². The lowest BCUT2D eigenvalue weighted by Gasteiger charge is -2.39. The lowest BCUT2D eigenvalue weighted by Crippen LogP contribution is -2.52. The molecule has 1 N–H and O–H groups in total. The van der Waals surface area contributed by atoms with Gasteiger partial charge in [-0.3, -0.25) is 4.79 Å². The zero-order valence-corrected chi connectivity index (χ0v) is 13.9. The van der Waals surface area contributed by atoms with Crippen molar-refractivity contribution in [2.45, 2.75) is 24.9 Å². The third-order valence-electron chi connectivity index (χ3n) is 4.69. The standard InChI is InChI=1S/C20H21NO4/c22-18(23)20(17-10-5-2-6-11-17)12-7-13-21(15-20)19(24)25-14-16-8-3-1-4-9-16/h1-6,8-11H,7,12-15H2,(H,22,23). The molecule has 0 bridgehead atoms. The molecule has 25 heavy (non-hydrogen) atoms. The number of carbonyl (C=O) groups excluding carboxylic acids is 1. The van der Waals surface area contributed by atoms with Crippen molar-refractivity contribution < 1.29 is 19.4 Å². The summed E-state index contributed by atoms with van der Waals surface area (Å²) in [4.78, 5) is 26.0. The van der Waals surface area contributed by atoms with Gasteiger partial charge < -0.3 is 14.7 Å². The van der Waals surface area contributed by atoms with Crippen LogP contribution in [0.4, 0.5) is 4.79 Å². The first kappa shape index (κ1) is 17.0. The minimum absolute atomic E-state index is 0.125. The number of ether oxygens (including phenoxy) is 1. The lowest BCUT2D eigenvalue weighted by atomic mass is 9.74. The fraction of sp³-hybridized carbons (Fsp3) is 0.300. The largest absolute Gasteiger partial charge is 0.481 e. The van der Waals surface area contributed by atoms with Gasteiger partial charge in [0.05, 0.1) is 0 Å². The molecule has 0 spiro atoms. The predicted octanol–water partition coefficient (Wildman–Crippen LogP) is 3.44. The molecule has 0 saturated carbocycles. The Hall–Kier alpha value is -2.82. The van der Waals surface area contributed by atoms with E-state index in [4.69, 9.17) is 4.74 Å². The second-order valence-electron chi connectivity index (χ2n) is 6.32. The molecule has 1 atom stereocenters. The van der Waals surface area contributed by atoms with E-state index in [0.29, 0.717) is 19.4 Å². The number of carboxylic acids is 1. The summed E-state index contributed by atoms with van der Waals surface area (Å²) in [5, 5.41) is 9.87. The van der Waals surface area contributed by atoms with Crippen molar-refractivity contribution >= 4 is 12.1 Å². The topological polar surface area (TPSA) is 66.8 Å². The molecule has 1 saturated heterocycles. The van der Waals surface area contributed by atoms with Gasteiger partial charge in [0, 0.05) is 13.1 Å². The van der Waals surface area contributed by atoms with E-state index in [1.165, 1.54) is 4.90 Å².